The van der Waals surface area contributed by atoms with Gasteiger partial charge < -0.3 is 19.1 Å². The van der Waals surface area contributed by atoms with Gasteiger partial charge in [-0.2, -0.15) is 0 Å². The van der Waals surface area contributed by atoms with E-state index in [-0.39, 0.29) is 12.2 Å². The van der Waals surface area contributed by atoms with Crippen LogP contribution in [-0.4, -0.2) is 56.6 Å². The molecule has 136 valence electrons. The quantitative estimate of drug-likeness (QED) is 0.844. The first-order chi connectivity index (χ1) is 12.3. The maximum absolute atomic E-state index is 13.5. The lowest BCUT2D eigenvalue weighted by molar-refractivity contribution is -0.146. The van der Waals surface area contributed by atoms with Gasteiger partial charge in [0.05, 0.1) is 18.6 Å². The van der Waals surface area contributed by atoms with Crippen LogP contribution in [0.3, 0.4) is 0 Å². The van der Waals surface area contributed by atoms with Crippen molar-refractivity contribution in [2.75, 3.05) is 39.5 Å². The van der Waals surface area contributed by atoms with Crippen molar-refractivity contribution in [3.63, 3.8) is 0 Å². The van der Waals surface area contributed by atoms with Gasteiger partial charge in [-0.15, -0.1) is 0 Å². The number of likely N-dealkylation sites (tertiary alicyclic amines) is 1. The van der Waals surface area contributed by atoms with Crippen molar-refractivity contribution in [2.45, 2.75) is 37.4 Å². The molecule has 3 aliphatic rings. The molecule has 4 rings (SSSR count). The summed E-state index contributed by atoms with van der Waals surface area (Å²) in [6, 6.07) is 10.3. The van der Waals surface area contributed by atoms with Crippen LogP contribution in [0.5, 0.6) is 0 Å². The summed E-state index contributed by atoms with van der Waals surface area (Å²) in [6.07, 6.45) is 3.38. The van der Waals surface area contributed by atoms with E-state index in [0.717, 1.165) is 44.3 Å². The second kappa shape index (κ2) is 7.44. The van der Waals surface area contributed by atoms with Gasteiger partial charge >= 0.3 is 0 Å². The summed E-state index contributed by atoms with van der Waals surface area (Å²) >= 11 is 0. The average molecular weight is 345 g/mol. The van der Waals surface area contributed by atoms with Crippen molar-refractivity contribution in [2.24, 2.45) is 5.92 Å². The van der Waals surface area contributed by atoms with Crippen molar-refractivity contribution >= 4 is 5.91 Å². The Kier molecular flexibility index (Phi) is 5.06. The molecule has 0 bridgehead atoms. The first kappa shape index (κ1) is 17.0. The van der Waals surface area contributed by atoms with Crippen LogP contribution in [0.15, 0.2) is 30.3 Å². The second-order valence-corrected chi connectivity index (χ2v) is 7.30. The molecule has 0 atom stereocenters. The Morgan fingerprint density at radius 3 is 2.24 bits per heavy atom. The monoisotopic (exact) mass is 345 g/mol. The topological polar surface area (TPSA) is 48.0 Å². The van der Waals surface area contributed by atoms with E-state index in [9.17, 15) is 4.79 Å². The number of nitrogens with zero attached hydrogens (tertiary/aromatic N) is 1. The number of carbonyl (C=O) groups excluding carboxylic acids is 1. The Balaban J connectivity index is 1.48. The van der Waals surface area contributed by atoms with Gasteiger partial charge in [-0.3, -0.25) is 4.79 Å². The third kappa shape index (κ3) is 3.33. The van der Waals surface area contributed by atoms with Crippen LogP contribution in [0.2, 0.25) is 0 Å². The molecule has 1 aromatic rings. The summed E-state index contributed by atoms with van der Waals surface area (Å²) < 4.78 is 16.9. The van der Waals surface area contributed by atoms with Crippen LogP contribution in [0.4, 0.5) is 0 Å². The maximum Gasteiger partial charge on any atom is 0.233 e. The fraction of sp³-hybridized carbons (Fsp3) is 0.650. The predicted molar refractivity (Wildman–Crippen MR) is 93.2 cm³/mol. The average Bonchev–Trinajstić information content (AvgIpc) is 3.24. The molecule has 0 aromatic heterocycles. The van der Waals surface area contributed by atoms with Crippen LogP contribution in [0.25, 0.3) is 0 Å². The standard InChI is InChI=1S/C20H27NO4/c22-19(21-10-6-16(7-11-21)18-24-14-15-25-18)20(8-12-23-13-9-20)17-4-2-1-3-5-17/h1-5,16,18H,6-15H2. The molecule has 1 aromatic carbocycles. The normalized spacial score (nSPS) is 25.2. The predicted octanol–water partition coefficient (Wildman–Crippen LogP) is 2.35. The Bertz CT molecular complexity index is 571. The van der Waals surface area contributed by atoms with Crippen LogP contribution < -0.4 is 0 Å². The van der Waals surface area contributed by atoms with Gasteiger partial charge in [0.2, 0.25) is 5.91 Å². The van der Waals surface area contributed by atoms with E-state index >= 15 is 0 Å². The lowest BCUT2D eigenvalue weighted by atomic mass is 9.72. The van der Waals surface area contributed by atoms with E-state index in [1.54, 1.807) is 0 Å². The minimum atomic E-state index is -0.424. The Morgan fingerprint density at radius 1 is 0.960 bits per heavy atom. The zero-order valence-electron chi connectivity index (χ0n) is 14.7. The fourth-order valence-electron chi connectivity index (χ4n) is 4.43. The number of hydrogen-bond donors (Lipinski definition) is 0. The highest BCUT2D eigenvalue weighted by atomic mass is 16.7. The lowest BCUT2D eigenvalue weighted by Gasteiger charge is -2.42. The van der Waals surface area contributed by atoms with Crippen molar-refractivity contribution < 1.29 is 19.0 Å². The van der Waals surface area contributed by atoms with Gasteiger partial charge in [0.1, 0.15) is 0 Å². The molecule has 3 saturated heterocycles. The van der Waals surface area contributed by atoms with E-state index in [2.05, 4.69) is 17.0 Å². The molecule has 5 heteroatoms. The van der Waals surface area contributed by atoms with E-state index in [4.69, 9.17) is 14.2 Å². The maximum atomic E-state index is 13.5. The van der Waals surface area contributed by atoms with Crippen molar-refractivity contribution in [3.8, 4) is 0 Å². The Morgan fingerprint density at radius 2 is 1.60 bits per heavy atom. The zero-order chi connectivity index (χ0) is 17.1. The Hall–Kier alpha value is -1.43. The minimum Gasteiger partial charge on any atom is -0.381 e. The molecule has 0 aliphatic carbocycles. The first-order valence-corrected chi connectivity index (χ1v) is 9.45. The summed E-state index contributed by atoms with van der Waals surface area (Å²) in [7, 11) is 0. The molecule has 0 saturated carbocycles. The van der Waals surface area contributed by atoms with E-state index < -0.39 is 5.41 Å². The Labute approximate surface area is 149 Å². The summed E-state index contributed by atoms with van der Waals surface area (Å²) in [4.78, 5) is 15.6. The van der Waals surface area contributed by atoms with Crippen LogP contribution in [0.1, 0.15) is 31.2 Å². The van der Waals surface area contributed by atoms with E-state index in [1.807, 2.05) is 18.2 Å². The molecule has 25 heavy (non-hydrogen) atoms. The number of carbonyl (C=O) groups is 1. The first-order valence-electron chi connectivity index (χ1n) is 9.45. The summed E-state index contributed by atoms with van der Waals surface area (Å²) in [5.41, 5.74) is 0.708. The molecule has 3 heterocycles. The van der Waals surface area contributed by atoms with Crippen molar-refractivity contribution in [3.05, 3.63) is 35.9 Å². The number of hydrogen-bond acceptors (Lipinski definition) is 4. The number of piperidine rings is 1. The van der Waals surface area contributed by atoms with Crippen LogP contribution >= 0.6 is 0 Å². The van der Waals surface area contributed by atoms with Crippen molar-refractivity contribution in [1.29, 1.82) is 0 Å². The molecule has 0 unspecified atom stereocenters. The molecule has 0 spiro atoms. The molecule has 5 nitrogen and oxygen atoms in total. The fourth-order valence-corrected chi connectivity index (χ4v) is 4.43. The molecule has 0 N–H and O–H groups in total. The number of rotatable bonds is 3. The third-order valence-electron chi connectivity index (χ3n) is 5.94. The number of amides is 1. The van der Waals surface area contributed by atoms with Gasteiger partial charge in [0.25, 0.3) is 0 Å². The molecular weight excluding hydrogens is 318 g/mol. The highest BCUT2D eigenvalue weighted by Crippen LogP contribution is 2.38. The summed E-state index contributed by atoms with van der Waals surface area (Å²) in [5.74, 6) is 0.683. The molecule has 3 fully saturated rings. The number of ether oxygens (including phenoxy) is 3. The lowest BCUT2D eigenvalue weighted by Crippen LogP contribution is -2.52. The second-order valence-electron chi connectivity index (χ2n) is 7.30. The SMILES string of the molecule is O=C(N1CCC(C2OCCO2)CC1)C1(c2ccccc2)CCOCC1. The van der Waals surface area contributed by atoms with Gasteiger partial charge in [0, 0.05) is 32.2 Å². The minimum absolute atomic E-state index is 0.0663. The highest BCUT2D eigenvalue weighted by molar-refractivity contribution is 5.88. The zero-order valence-corrected chi connectivity index (χ0v) is 14.7. The smallest absolute Gasteiger partial charge is 0.233 e. The van der Waals surface area contributed by atoms with Crippen LogP contribution in [-0.2, 0) is 24.4 Å². The molecular formula is C20H27NO4. The molecule has 1 amide bonds. The van der Waals surface area contributed by atoms with E-state index in [1.165, 1.54) is 0 Å². The summed E-state index contributed by atoms with van der Waals surface area (Å²) in [5, 5.41) is 0. The van der Waals surface area contributed by atoms with Crippen LogP contribution in [0, 0.1) is 5.92 Å². The third-order valence-corrected chi connectivity index (χ3v) is 5.94. The molecule has 3 aliphatic heterocycles. The molecule has 0 radical (unpaired) electrons. The van der Waals surface area contributed by atoms with Gasteiger partial charge in [-0.05, 0) is 31.2 Å². The van der Waals surface area contributed by atoms with Gasteiger partial charge in [-0.25, -0.2) is 0 Å². The van der Waals surface area contributed by atoms with Crippen molar-refractivity contribution in [1.82, 2.24) is 4.90 Å². The summed E-state index contributed by atoms with van der Waals surface area (Å²) in [6.45, 7) is 4.29. The highest BCUT2D eigenvalue weighted by Gasteiger charge is 2.45. The largest absolute Gasteiger partial charge is 0.381 e. The van der Waals surface area contributed by atoms with E-state index in [0.29, 0.717) is 32.3 Å². The number of benzene rings is 1. The van der Waals surface area contributed by atoms with Gasteiger partial charge in [-0.1, -0.05) is 30.3 Å². The van der Waals surface area contributed by atoms with Gasteiger partial charge in [0.15, 0.2) is 6.29 Å².